The summed E-state index contributed by atoms with van der Waals surface area (Å²) in [6.07, 6.45) is 0.777. The molecule has 4 saturated heterocycles. The molecule has 0 saturated carbocycles. The Balaban J connectivity index is 0.000000296. The number of piperazine rings is 2. The van der Waals surface area contributed by atoms with Gasteiger partial charge in [-0.1, -0.05) is 48.6 Å². The van der Waals surface area contributed by atoms with Crippen molar-refractivity contribution in [2.75, 3.05) is 67.2 Å². The molecule has 2 aromatic heterocycles. The van der Waals surface area contributed by atoms with Crippen LogP contribution in [0.4, 0.5) is 9.59 Å². The van der Waals surface area contributed by atoms with Crippen LogP contribution in [-0.2, 0) is 38.7 Å². The Kier molecular flexibility index (Phi) is 19.7. The van der Waals surface area contributed by atoms with Gasteiger partial charge in [-0.3, -0.25) is 9.59 Å². The molecule has 0 aliphatic carbocycles. The van der Waals surface area contributed by atoms with Crippen molar-refractivity contribution >= 4 is 88.9 Å². The number of ether oxygens (including phenoxy) is 2. The summed E-state index contributed by atoms with van der Waals surface area (Å²) in [4.78, 5) is 62.4. The standard InChI is InChI=1S/2C19H28N2O5S2.C2H6.CH3I/c2*1-19(2,3)26-18(23)20-8-9-21(15(13-20)16-5-4-10-27-16)17(22)14-6-11-28(24,25)12-7-14;2*1-2/h2*4-5,10,14-15H,6-9,11-13H2,1-3H3;1-2H3;1H3. The number of carbonyl (C=O) groups is 4. The highest BCUT2D eigenvalue weighted by Crippen LogP contribution is 2.34. The van der Waals surface area contributed by atoms with Crippen LogP contribution in [0.15, 0.2) is 35.0 Å². The fourth-order valence-electron chi connectivity index (χ4n) is 7.27. The second-order valence-electron chi connectivity index (χ2n) is 16.8. The van der Waals surface area contributed by atoms with E-state index in [1.165, 1.54) is 0 Å². The van der Waals surface area contributed by atoms with Crippen molar-refractivity contribution in [3.05, 3.63) is 44.8 Å². The maximum absolute atomic E-state index is 13.2. The summed E-state index contributed by atoms with van der Waals surface area (Å²) in [5, 5.41) is 3.91. The molecule has 2 aromatic rings. The van der Waals surface area contributed by atoms with Crippen LogP contribution in [0.25, 0.3) is 0 Å². The Morgan fingerprint density at radius 2 is 0.917 bits per heavy atom. The first-order valence-electron chi connectivity index (χ1n) is 20.5. The van der Waals surface area contributed by atoms with Gasteiger partial charge in [-0.2, -0.15) is 0 Å². The van der Waals surface area contributed by atoms with E-state index in [0.29, 0.717) is 65.0 Å². The predicted molar refractivity (Wildman–Crippen MR) is 247 cm³/mol. The van der Waals surface area contributed by atoms with Crippen molar-refractivity contribution in [3.8, 4) is 0 Å². The molecule has 0 spiro atoms. The van der Waals surface area contributed by atoms with Crippen molar-refractivity contribution in [1.82, 2.24) is 19.6 Å². The lowest BCUT2D eigenvalue weighted by molar-refractivity contribution is -0.141. The summed E-state index contributed by atoms with van der Waals surface area (Å²) in [6.45, 7) is 17.4. The van der Waals surface area contributed by atoms with Gasteiger partial charge in [0, 0.05) is 60.9 Å². The highest BCUT2D eigenvalue weighted by Gasteiger charge is 2.41. The molecule has 4 amide bonds. The van der Waals surface area contributed by atoms with E-state index in [1.807, 2.05) is 105 Å². The van der Waals surface area contributed by atoms with Crippen LogP contribution in [0.1, 0.15) is 103 Å². The van der Waals surface area contributed by atoms with Gasteiger partial charge in [0.2, 0.25) is 11.8 Å². The van der Waals surface area contributed by atoms with Gasteiger partial charge in [-0.05, 0) is 95.0 Å². The first-order chi connectivity index (χ1) is 28.1. The van der Waals surface area contributed by atoms with Gasteiger partial charge in [0.05, 0.1) is 35.1 Å². The first kappa shape index (κ1) is 51.9. The summed E-state index contributed by atoms with van der Waals surface area (Å²) < 4.78 is 57.8. The molecule has 4 fully saturated rings. The first-order valence-corrected chi connectivity index (χ1v) is 28.1. The Morgan fingerprint density at radius 3 is 1.18 bits per heavy atom. The number of sulfone groups is 2. The maximum atomic E-state index is 13.2. The average molecular weight is 1030 g/mol. The minimum Gasteiger partial charge on any atom is -0.444 e. The van der Waals surface area contributed by atoms with Gasteiger partial charge in [0.25, 0.3) is 0 Å². The topological polar surface area (TPSA) is 168 Å². The van der Waals surface area contributed by atoms with Crippen molar-refractivity contribution in [2.24, 2.45) is 11.8 Å². The normalized spacial score (nSPS) is 22.1. The Labute approximate surface area is 379 Å². The van der Waals surface area contributed by atoms with Crippen LogP contribution in [0, 0.1) is 11.8 Å². The summed E-state index contributed by atoms with van der Waals surface area (Å²) >= 11 is 5.26. The number of rotatable bonds is 4. The van der Waals surface area contributed by atoms with Gasteiger partial charge >= 0.3 is 12.2 Å². The molecular weight excluding hydrogens is 964 g/mol. The summed E-state index contributed by atoms with van der Waals surface area (Å²) in [5.41, 5.74) is -1.15. The second-order valence-corrected chi connectivity index (χ2v) is 23.4. The molecule has 60 heavy (non-hydrogen) atoms. The molecule has 14 nitrogen and oxygen atoms in total. The number of alkyl halides is 1. The average Bonchev–Trinajstić information content (AvgIpc) is 3.94. The monoisotopic (exact) mass is 1030 g/mol. The van der Waals surface area contributed by atoms with Gasteiger partial charge < -0.3 is 29.1 Å². The number of halogens is 1. The maximum Gasteiger partial charge on any atom is 0.410 e. The smallest absolute Gasteiger partial charge is 0.410 e. The third-order valence-corrected chi connectivity index (χ3v) is 15.6. The molecule has 0 bridgehead atoms. The minimum absolute atomic E-state index is 0.00265. The zero-order valence-electron chi connectivity index (χ0n) is 36.6. The van der Waals surface area contributed by atoms with Crippen molar-refractivity contribution in [1.29, 1.82) is 0 Å². The van der Waals surface area contributed by atoms with Crippen molar-refractivity contribution in [3.63, 3.8) is 0 Å². The van der Waals surface area contributed by atoms with Crippen LogP contribution in [0.5, 0.6) is 0 Å². The van der Waals surface area contributed by atoms with Crippen LogP contribution in [-0.4, -0.2) is 139 Å². The van der Waals surface area contributed by atoms with Crippen molar-refractivity contribution in [2.45, 2.75) is 104 Å². The zero-order chi connectivity index (χ0) is 45.1. The Hall–Kier alpha value is -2.49. The highest BCUT2D eigenvalue weighted by molar-refractivity contribution is 14.1. The fourth-order valence-corrected chi connectivity index (χ4v) is 11.9. The molecule has 0 aromatic carbocycles. The van der Waals surface area contributed by atoms with Gasteiger partial charge in [-0.25, -0.2) is 26.4 Å². The molecular formula is C41H65IN4O10S4. The molecule has 4 aliphatic heterocycles. The number of hydrogen-bond acceptors (Lipinski definition) is 12. The largest absolute Gasteiger partial charge is 0.444 e. The van der Waals surface area contributed by atoms with E-state index >= 15 is 0 Å². The molecule has 6 rings (SSSR count). The summed E-state index contributed by atoms with van der Waals surface area (Å²) in [5.74, 6) is -0.237. The highest BCUT2D eigenvalue weighted by atomic mass is 127. The van der Waals surface area contributed by atoms with Crippen LogP contribution >= 0.6 is 45.3 Å². The van der Waals surface area contributed by atoms with Gasteiger partial charge in [0.15, 0.2) is 0 Å². The lowest BCUT2D eigenvalue weighted by Crippen LogP contribution is -2.54. The molecule has 0 N–H and O–H groups in total. The van der Waals surface area contributed by atoms with Gasteiger partial charge in [-0.15, -0.1) is 22.7 Å². The van der Waals surface area contributed by atoms with Crippen LogP contribution in [0.2, 0.25) is 0 Å². The molecule has 4 aliphatic rings. The third kappa shape index (κ3) is 15.4. The van der Waals surface area contributed by atoms with E-state index in [2.05, 4.69) is 22.6 Å². The Morgan fingerprint density at radius 1 is 0.600 bits per heavy atom. The second kappa shape index (κ2) is 22.7. The number of carbonyl (C=O) groups excluding carboxylic acids is 4. The predicted octanol–water partition coefficient (Wildman–Crippen LogP) is 7.46. The zero-order valence-corrected chi connectivity index (χ0v) is 42.0. The van der Waals surface area contributed by atoms with Crippen molar-refractivity contribution < 1.29 is 45.5 Å². The quantitative estimate of drug-likeness (QED) is 0.222. The number of nitrogens with zero attached hydrogens (tertiary/aromatic N) is 4. The van der Waals surface area contributed by atoms with E-state index in [4.69, 9.17) is 9.47 Å². The number of hydrogen-bond donors (Lipinski definition) is 0. The number of thiophene rings is 2. The third-order valence-electron chi connectivity index (χ3n) is 10.2. The number of amides is 4. The van der Waals surface area contributed by atoms with E-state index in [1.54, 1.807) is 32.5 Å². The molecule has 2 unspecified atom stereocenters. The minimum atomic E-state index is -3.01. The van der Waals surface area contributed by atoms with E-state index in [9.17, 15) is 36.0 Å². The lowest BCUT2D eigenvalue weighted by atomic mass is 9.98. The Bertz CT molecular complexity index is 1750. The van der Waals surface area contributed by atoms with E-state index in [-0.39, 0.29) is 70.9 Å². The fraction of sp³-hybridized carbons (Fsp3) is 0.707. The van der Waals surface area contributed by atoms with Crippen LogP contribution in [0.3, 0.4) is 0 Å². The molecule has 2 atom stereocenters. The molecule has 0 radical (unpaired) electrons. The SMILES string of the molecule is CC.CC(C)(C)OC(=O)N1CCN(C(=O)C2CCS(=O)(=O)CC2)C(c2cccs2)C1.CC(C)(C)OC(=O)N1CCN(C(=O)C2CCS(=O)(=O)CC2)C(c2cccs2)C1.CI. The summed E-state index contributed by atoms with van der Waals surface area (Å²) in [7, 11) is -6.02. The van der Waals surface area contributed by atoms with E-state index < -0.39 is 30.9 Å². The summed E-state index contributed by atoms with van der Waals surface area (Å²) in [6, 6.07) is 7.35. The van der Waals surface area contributed by atoms with Gasteiger partial charge in [0.1, 0.15) is 30.9 Å². The molecule has 6 heterocycles. The molecule has 340 valence electrons. The lowest BCUT2D eigenvalue weighted by Gasteiger charge is -2.42. The molecule has 19 heteroatoms. The van der Waals surface area contributed by atoms with Crippen LogP contribution < -0.4 is 0 Å². The van der Waals surface area contributed by atoms with E-state index in [0.717, 1.165) is 9.75 Å².